The number of amides is 1. The lowest BCUT2D eigenvalue weighted by molar-refractivity contribution is -0.122. The van der Waals surface area contributed by atoms with Crippen molar-refractivity contribution in [3.63, 3.8) is 0 Å². The molecule has 1 aliphatic rings. The monoisotopic (exact) mass is 392 g/mol. The molecule has 144 valence electrons. The normalized spacial score (nSPS) is 14.1. The molecule has 27 heavy (non-hydrogen) atoms. The van der Waals surface area contributed by atoms with Gasteiger partial charge in [-0.15, -0.1) is 0 Å². The Morgan fingerprint density at radius 3 is 2.37 bits per heavy atom. The van der Waals surface area contributed by atoms with E-state index < -0.39 is 10.0 Å². The molecule has 0 radical (unpaired) electrons. The number of rotatable bonds is 7. The number of methoxy groups -OCH3 is 2. The minimum absolute atomic E-state index is 0.0149. The van der Waals surface area contributed by atoms with E-state index in [0.717, 1.165) is 19.3 Å². The molecule has 9 nitrogen and oxygen atoms in total. The van der Waals surface area contributed by atoms with Gasteiger partial charge in [0.1, 0.15) is 0 Å². The number of anilines is 2. The molecule has 1 fully saturated rings. The first-order valence-corrected chi connectivity index (χ1v) is 9.80. The Labute approximate surface area is 157 Å². The Kier molecular flexibility index (Phi) is 5.45. The van der Waals surface area contributed by atoms with Gasteiger partial charge in [0.05, 0.1) is 19.1 Å². The van der Waals surface area contributed by atoms with E-state index in [2.05, 4.69) is 20.0 Å². The van der Waals surface area contributed by atoms with Crippen LogP contribution in [0.25, 0.3) is 0 Å². The van der Waals surface area contributed by atoms with E-state index in [-0.39, 0.29) is 34.4 Å². The summed E-state index contributed by atoms with van der Waals surface area (Å²) in [6.45, 7) is 0. The van der Waals surface area contributed by atoms with Gasteiger partial charge in [-0.2, -0.15) is 9.97 Å². The molecule has 1 aliphatic carbocycles. The summed E-state index contributed by atoms with van der Waals surface area (Å²) < 4.78 is 37.4. The molecule has 1 aromatic carbocycles. The number of benzene rings is 1. The van der Waals surface area contributed by atoms with Crippen molar-refractivity contribution in [2.45, 2.75) is 24.2 Å². The molecule has 3 rings (SSSR count). The number of ether oxygens (including phenoxy) is 2. The predicted octanol–water partition coefficient (Wildman–Crippen LogP) is 2.03. The Bertz CT molecular complexity index is 905. The van der Waals surface area contributed by atoms with Gasteiger partial charge in [0.15, 0.2) is 5.82 Å². The van der Waals surface area contributed by atoms with Crippen LogP contribution >= 0.6 is 0 Å². The number of hydrogen-bond donors (Lipinski definition) is 2. The average molecular weight is 392 g/mol. The number of carbonyl (C=O) groups excluding carboxylic acids is 1. The maximum absolute atomic E-state index is 12.6. The van der Waals surface area contributed by atoms with Crippen LogP contribution in [-0.4, -0.2) is 38.5 Å². The summed E-state index contributed by atoms with van der Waals surface area (Å²) in [5, 5.41) is 2.79. The van der Waals surface area contributed by atoms with Gasteiger partial charge in [0, 0.05) is 17.7 Å². The van der Waals surface area contributed by atoms with E-state index in [9.17, 15) is 13.2 Å². The highest BCUT2D eigenvalue weighted by Gasteiger charge is 2.25. The zero-order valence-electron chi connectivity index (χ0n) is 14.9. The van der Waals surface area contributed by atoms with Gasteiger partial charge in [-0.25, -0.2) is 8.42 Å². The zero-order chi connectivity index (χ0) is 19.4. The number of hydrogen-bond acceptors (Lipinski definition) is 7. The third-order valence-electron chi connectivity index (χ3n) is 4.22. The van der Waals surface area contributed by atoms with Crippen molar-refractivity contribution in [1.82, 2.24) is 9.97 Å². The SMILES string of the molecule is COc1cc(NS(=O)(=O)c2ccc(NC(=O)C3CCC3)cc2)nc(OC)n1. The molecular formula is C17H20N4O5S. The predicted molar refractivity (Wildman–Crippen MR) is 98.4 cm³/mol. The van der Waals surface area contributed by atoms with Crippen molar-refractivity contribution in [1.29, 1.82) is 0 Å². The summed E-state index contributed by atoms with van der Waals surface area (Å²) in [5.74, 6) is 0.197. The summed E-state index contributed by atoms with van der Waals surface area (Å²) in [6.07, 6.45) is 2.86. The first kappa shape index (κ1) is 18.9. The van der Waals surface area contributed by atoms with Crippen molar-refractivity contribution in [3.8, 4) is 11.9 Å². The number of carbonyl (C=O) groups is 1. The fraction of sp³-hybridized carbons (Fsp3) is 0.353. The fourth-order valence-electron chi connectivity index (χ4n) is 2.48. The molecule has 2 N–H and O–H groups in total. The average Bonchev–Trinajstić information content (AvgIpc) is 2.59. The lowest BCUT2D eigenvalue weighted by Gasteiger charge is -2.24. The molecule has 0 bridgehead atoms. The second kappa shape index (κ2) is 7.78. The first-order chi connectivity index (χ1) is 12.9. The van der Waals surface area contributed by atoms with Crippen LogP contribution in [0.1, 0.15) is 19.3 Å². The van der Waals surface area contributed by atoms with Crippen molar-refractivity contribution in [2.75, 3.05) is 24.3 Å². The molecule has 1 aromatic heterocycles. The lowest BCUT2D eigenvalue weighted by atomic mass is 9.85. The molecule has 1 amide bonds. The van der Waals surface area contributed by atoms with Crippen LogP contribution in [0.5, 0.6) is 11.9 Å². The highest BCUT2D eigenvalue weighted by molar-refractivity contribution is 7.92. The molecule has 10 heteroatoms. The molecule has 0 spiro atoms. The lowest BCUT2D eigenvalue weighted by Crippen LogP contribution is -2.28. The Hall–Kier alpha value is -2.88. The van der Waals surface area contributed by atoms with Crippen molar-refractivity contribution >= 4 is 27.4 Å². The molecule has 1 saturated carbocycles. The third kappa shape index (κ3) is 4.45. The van der Waals surface area contributed by atoms with Gasteiger partial charge in [-0.3, -0.25) is 9.52 Å². The van der Waals surface area contributed by atoms with Gasteiger partial charge >= 0.3 is 6.01 Å². The maximum atomic E-state index is 12.6. The van der Waals surface area contributed by atoms with Crippen molar-refractivity contribution in [2.24, 2.45) is 5.92 Å². The van der Waals surface area contributed by atoms with Crippen LogP contribution in [0.2, 0.25) is 0 Å². The van der Waals surface area contributed by atoms with Gasteiger partial charge in [0.2, 0.25) is 11.8 Å². The van der Waals surface area contributed by atoms with E-state index in [1.54, 1.807) is 12.1 Å². The number of sulfonamides is 1. The highest BCUT2D eigenvalue weighted by atomic mass is 32.2. The summed E-state index contributed by atoms with van der Waals surface area (Å²) in [7, 11) is -1.12. The van der Waals surface area contributed by atoms with Gasteiger partial charge in [0.25, 0.3) is 10.0 Å². The van der Waals surface area contributed by atoms with Crippen LogP contribution in [-0.2, 0) is 14.8 Å². The molecular weight excluding hydrogens is 372 g/mol. The maximum Gasteiger partial charge on any atom is 0.321 e. The van der Waals surface area contributed by atoms with E-state index in [0.29, 0.717) is 5.69 Å². The highest BCUT2D eigenvalue weighted by Crippen LogP contribution is 2.28. The largest absolute Gasteiger partial charge is 0.481 e. The summed E-state index contributed by atoms with van der Waals surface area (Å²) >= 11 is 0. The van der Waals surface area contributed by atoms with E-state index >= 15 is 0 Å². The molecule has 0 saturated heterocycles. The van der Waals surface area contributed by atoms with Crippen LogP contribution in [0, 0.1) is 5.92 Å². The second-order valence-corrected chi connectivity index (χ2v) is 7.71. The van der Waals surface area contributed by atoms with Crippen molar-refractivity contribution < 1.29 is 22.7 Å². The van der Waals surface area contributed by atoms with E-state index in [1.165, 1.54) is 32.4 Å². The Morgan fingerprint density at radius 2 is 1.81 bits per heavy atom. The second-order valence-electron chi connectivity index (χ2n) is 6.03. The molecule has 0 aliphatic heterocycles. The third-order valence-corrected chi connectivity index (χ3v) is 5.59. The van der Waals surface area contributed by atoms with E-state index in [1.807, 2.05) is 0 Å². The number of nitrogens with one attached hydrogen (secondary N) is 2. The minimum atomic E-state index is -3.88. The van der Waals surface area contributed by atoms with Crippen LogP contribution in [0.15, 0.2) is 35.2 Å². The van der Waals surface area contributed by atoms with Gasteiger partial charge in [-0.1, -0.05) is 6.42 Å². The Balaban J connectivity index is 1.73. The minimum Gasteiger partial charge on any atom is -0.481 e. The van der Waals surface area contributed by atoms with Crippen molar-refractivity contribution in [3.05, 3.63) is 30.3 Å². The summed E-state index contributed by atoms with van der Waals surface area (Å²) in [6, 6.07) is 7.23. The summed E-state index contributed by atoms with van der Waals surface area (Å²) in [5.41, 5.74) is 0.552. The smallest absolute Gasteiger partial charge is 0.321 e. The van der Waals surface area contributed by atoms with Crippen LogP contribution in [0.4, 0.5) is 11.5 Å². The molecule has 0 unspecified atom stereocenters. The molecule has 1 heterocycles. The standard InChI is InChI=1S/C17H20N4O5S/c1-25-15-10-14(19-17(20-15)26-2)21-27(23,24)13-8-6-12(7-9-13)18-16(22)11-4-3-5-11/h6-11H,3-5H2,1-2H3,(H,18,22)(H,19,20,21). The molecule has 0 atom stereocenters. The Morgan fingerprint density at radius 1 is 1.11 bits per heavy atom. The number of aromatic nitrogens is 2. The quantitative estimate of drug-likeness (QED) is 0.740. The van der Waals surface area contributed by atoms with Crippen LogP contribution in [0.3, 0.4) is 0 Å². The topological polar surface area (TPSA) is 120 Å². The zero-order valence-corrected chi connectivity index (χ0v) is 15.7. The van der Waals surface area contributed by atoms with Gasteiger partial charge < -0.3 is 14.8 Å². The fourth-order valence-corrected chi connectivity index (χ4v) is 3.47. The van der Waals surface area contributed by atoms with Gasteiger partial charge in [-0.05, 0) is 37.1 Å². The molecule has 2 aromatic rings. The first-order valence-electron chi connectivity index (χ1n) is 8.32. The summed E-state index contributed by atoms with van der Waals surface area (Å²) in [4.78, 5) is 19.8. The van der Waals surface area contributed by atoms with Crippen LogP contribution < -0.4 is 19.5 Å². The number of nitrogens with zero attached hydrogens (tertiary/aromatic N) is 2. The van der Waals surface area contributed by atoms with E-state index in [4.69, 9.17) is 9.47 Å².